The van der Waals surface area contributed by atoms with Gasteiger partial charge in [-0.3, -0.25) is 0 Å². The fourth-order valence-electron chi connectivity index (χ4n) is 0.631. The first kappa shape index (κ1) is 9.63. The van der Waals surface area contributed by atoms with Gasteiger partial charge in [-0.1, -0.05) is 0 Å². The van der Waals surface area contributed by atoms with E-state index in [1.54, 1.807) is 30.3 Å². The third-order valence-electron chi connectivity index (χ3n) is 1.10. The van der Waals surface area contributed by atoms with Crippen LogP contribution in [0, 0.1) is 0 Å². The van der Waals surface area contributed by atoms with Gasteiger partial charge in [-0.05, 0) is 0 Å². The van der Waals surface area contributed by atoms with Crippen molar-refractivity contribution in [2.24, 2.45) is 0 Å². The van der Waals surface area contributed by atoms with Gasteiger partial charge in [0.25, 0.3) is 0 Å². The van der Waals surface area contributed by atoms with E-state index in [0.717, 1.165) is 0 Å². The fraction of sp³-hybridized carbons (Fsp3) is 0. The first-order valence-corrected chi connectivity index (χ1v) is 5.47. The predicted octanol–water partition coefficient (Wildman–Crippen LogP) is 2.05. The van der Waals surface area contributed by atoms with E-state index in [1.807, 2.05) is 0 Å². The van der Waals surface area contributed by atoms with E-state index in [1.165, 1.54) is 0 Å². The van der Waals surface area contributed by atoms with Crippen LogP contribution >= 0.6 is 0 Å². The minimum atomic E-state index is -2.18. The Morgan fingerprint density at radius 2 is 1.58 bits per heavy atom. The summed E-state index contributed by atoms with van der Waals surface area (Å²) >= 11 is -1.49. The van der Waals surface area contributed by atoms with Crippen molar-refractivity contribution >= 4 is 24.5 Å². The van der Waals surface area contributed by atoms with Crippen LogP contribution < -0.4 is 3.61 Å². The van der Waals surface area contributed by atoms with Crippen LogP contribution in [-0.4, -0.2) is 20.9 Å². The molecule has 0 aromatic heterocycles. The van der Waals surface area contributed by atoms with Crippen LogP contribution in [-0.2, 0) is 0 Å². The molecule has 0 unspecified atom stereocenters. The molecule has 0 aliphatic heterocycles. The molecular weight excluding hydrogens is 281 g/mol. The normalized spacial score (nSPS) is 9.58. The second-order valence-corrected chi connectivity index (χ2v) is 4.90. The number of benzene rings is 1. The molecule has 0 radical (unpaired) electrons. The van der Waals surface area contributed by atoms with Gasteiger partial charge in [0, 0.05) is 0 Å². The van der Waals surface area contributed by atoms with E-state index in [-0.39, 0.29) is 0 Å². The Hall–Kier alpha value is -0.460. The summed E-state index contributed by atoms with van der Waals surface area (Å²) in [5, 5.41) is 0. The average molecular weight is 286 g/mol. The summed E-state index contributed by atoms with van der Waals surface area (Å²) in [6.45, 7) is 0. The van der Waals surface area contributed by atoms with Gasteiger partial charge in [-0.25, -0.2) is 0 Å². The molecule has 0 heterocycles. The van der Waals surface area contributed by atoms with Gasteiger partial charge in [0.1, 0.15) is 0 Å². The van der Waals surface area contributed by atoms with E-state index < -0.39 is 30.9 Å². The Bertz CT molecular complexity index is 278. The molecule has 64 valence electrons. The molecule has 0 amide bonds. The van der Waals surface area contributed by atoms with Crippen LogP contribution in [0.4, 0.5) is 13.2 Å². The molecule has 0 spiro atoms. The third kappa shape index (κ3) is 2.88. The van der Waals surface area contributed by atoms with E-state index >= 15 is 0 Å². The Labute approximate surface area is 78.2 Å². The Morgan fingerprint density at radius 1 is 1.00 bits per heavy atom. The van der Waals surface area contributed by atoms with Gasteiger partial charge in [-0.2, -0.15) is 0 Å². The molecule has 0 atom stereocenters. The molecule has 0 N–H and O–H groups in total. The van der Waals surface area contributed by atoms with Crippen molar-refractivity contribution in [2.45, 2.75) is 0 Å². The number of rotatable bonds is 2. The second-order valence-electron chi connectivity index (χ2n) is 1.95. The van der Waals surface area contributed by atoms with Gasteiger partial charge in [0.2, 0.25) is 0 Å². The summed E-state index contributed by atoms with van der Waals surface area (Å²) in [4.78, 5) is 0. The van der Waals surface area contributed by atoms with Crippen molar-refractivity contribution in [3.8, 4) is 0 Å². The van der Waals surface area contributed by atoms with Crippen LogP contribution in [0.15, 0.2) is 40.3 Å². The number of hydrogen-bond acceptors (Lipinski definition) is 0. The first-order valence-electron chi connectivity index (χ1n) is 3.14. The molecule has 0 aliphatic rings. The van der Waals surface area contributed by atoms with Crippen molar-refractivity contribution in [2.75, 3.05) is 0 Å². The van der Waals surface area contributed by atoms with E-state index in [4.69, 9.17) is 0 Å². The van der Waals surface area contributed by atoms with Crippen molar-refractivity contribution in [1.82, 2.24) is 0 Å². The summed E-state index contributed by atoms with van der Waals surface area (Å²) in [5.74, 6) is 0. The molecule has 0 aliphatic carbocycles. The first-order chi connectivity index (χ1) is 5.70. The fourth-order valence-corrected chi connectivity index (χ4v) is 2.28. The van der Waals surface area contributed by atoms with Gasteiger partial charge >= 0.3 is 78.0 Å². The molecule has 0 bridgehead atoms. The zero-order valence-electron chi connectivity index (χ0n) is 5.93. The van der Waals surface area contributed by atoms with Crippen LogP contribution in [0.25, 0.3) is 0 Å². The quantitative estimate of drug-likeness (QED) is 0.730. The molecular formula is C8H5F3Te. The van der Waals surface area contributed by atoms with E-state index in [9.17, 15) is 13.2 Å². The van der Waals surface area contributed by atoms with Crippen molar-refractivity contribution < 1.29 is 13.2 Å². The summed E-state index contributed by atoms with van der Waals surface area (Å²) in [6, 6.07) is 8.51. The summed E-state index contributed by atoms with van der Waals surface area (Å²) < 4.78 is 35.1. The van der Waals surface area contributed by atoms with Gasteiger partial charge in [0.05, 0.1) is 0 Å². The summed E-state index contributed by atoms with van der Waals surface area (Å²) in [6.07, 6.45) is -2.18. The Morgan fingerprint density at radius 3 is 2.08 bits per heavy atom. The average Bonchev–Trinajstić information content (AvgIpc) is 2.06. The summed E-state index contributed by atoms with van der Waals surface area (Å²) in [5.41, 5.74) is 0. The molecule has 4 heteroatoms. The van der Waals surface area contributed by atoms with E-state index in [2.05, 4.69) is 0 Å². The molecule has 0 saturated heterocycles. The molecule has 1 aromatic carbocycles. The van der Waals surface area contributed by atoms with Gasteiger partial charge in [-0.15, -0.1) is 0 Å². The molecule has 0 fully saturated rings. The second kappa shape index (κ2) is 4.54. The van der Waals surface area contributed by atoms with Crippen LogP contribution in [0.1, 0.15) is 0 Å². The number of halogens is 3. The predicted molar refractivity (Wildman–Crippen MR) is 42.2 cm³/mol. The number of hydrogen-bond donors (Lipinski definition) is 0. The topological polar surface area (TPSA) is 0 Å². The van der Waals surface area contributed by atoms with Crippen molar-refractivity contribution in [3.05, 3.63) is 40.3 Å². The van der Waals surface area contributed by atoms with Crippen LogP contribution in [0.2, 0.25) is 0 Å². The monoisotopic (exact) mass is 288 g/mol. The van der Waals surface area contributed by atoms with Crippen molar-refractivity contribution in [3.63, 3.8) is 0 Å². The Balaban J connectivity index is 2.72. The maximum absolute atomic E-state index is 12.4. The minimum absolute atomic E-state index is 0.674. The maximum atomic E-state index is 12.4. The molecule has 12 heavy (non-hydrogen) atoms. The van der Waals surface area contributed by atoms with Gasteiger partial charge in [0.15, 0.2) is 0 Å². The molecule has 1 aromatic rings. The van der Waals surface area contributed by atoms with Gasteiger partial charge < -0.3 is 0 Å². The molecule has 0 saturated carbocycles. The SMILES string of the molecule is FC(F)=C(F)[Te]c1ccccc1. The molecule has 1 rings (SSSR count). The molecule has 0 nitrogen and oxygen atoms in total. The zero-order valence-corrected chi connectivity index (χ0v) is 8.26. The van der Waals surface area contributed by atoms with Crippen LogP contribution in [0.3, 0.4) is 0 Å². The van der Waals surface area contributed by atoms with Crippen molar-refractivity contribution in [1.29, 1.82) is 0 Å². The standard InChI is InChI=1S/C8H5F3Te/c9-7(10)8(11)12-6-4-2-1-3-5-6/h1-5H. The zero-order chi connectivity index (χ0) is 8.97. The summed E-state index contributed by atoms with van der Waals surface area (Å²) in [7, 11) is 0. The Kier molecular flexibility index (Phi) is 3.64. The van der Waals surface area contributed by atoms with E-state index in [0.29, 0.717) is 3.61 Å². The third-order valence-corrected chi connectivity index (χ3v) is 3.50. The van der Waals surface area contributed by atoms with Crippen LogP contribution in [0.5, 0.6) is 0 Å².